The average molecular weight is 877 g/mol. The second kappa shape index (κ2) is 20.9. The lowest BCUT2D eigenvalue weighted by Crippen LogP contribution is -2.70. The zero-order valence-corrected chi connectivity index (χ0v) is 39.8. The normalized spacial score (nSPS) is 47.2. The van der Waals surface area contributed by atoms with Crippen molar-refractivity contribution in [2.45, 2.75) is 275 Å². The summed E-state index contributed by atoms with van der Waals surface area (Å²) in [5, 5.41) is 87.7. The van der Waals surface area contributed by atoms with Gasteiger partial charge in [-0.3, -0.25) is 0 Å². The van der Waals surface area contributed by atoms with E-state index in [1.807, 2.05) is 0 Å². The molecule has 0 bridgehead atoms. The van der Waals surface area contributed by atoms with Crippen LogP contribution in [0.4, 0.5) is 0 Å². The van der Waals surface area contributed by atoms with E-state index in [0.717, 1.165) is 96.3 Å². The highest BCUT2D eigenvalue weighted by Crippen LogP contribution is 2.60. The van der Waals surface area contributed by atoms with Crippen LogP contribution in [0.25, 0.3) is 0 Å². The fourth-order valence-corrected chi connectivity index (χ4v) is 14.8. The summed E-state index contributed by atoms with van der Waals surface area (Å²) in [6.07, 6.45) is 9.83. The number of aliphatic hydroxyl groups is 7. The standard InChI is InChI=1S/C52H92O10/c1-31-17-13-20-34(43(31)56)48(61-40-26-14-18-32(2)44(40)57)52(49(35-21-15-29-50(3,4)46(35)58)62-41-27-16-30-51(5,6)47(41)59)36(22-8-12-28-42(52)55)45(33-19-7-9-23-37(33)53)60-39-25-11-10-24-38(39)54/h31-49,53-59H,7-30H2,1-6H3. The van der Waals surface area contributed by atoms with Gasteiger partial charge in [-0.15, -0.1) is 0 Å². The van der Waals surface area contributed by atoms with Crippen molar-refractivity contribution in [3.8, 4) is 0 Å². The highest BCUT2D eigenvalue weighted by Gasteiger charge is 2.67. The van der Waals surface area contributed by atoms with Gasteiger partial charge in [-0.1, -0.05) is 106 Å². The minimum atomic E-state index is -1.30. The molecule has 62 heavy (non-hydrogen) atoms. The van der Waals surface area contributed by atoms with Crippen LogP contribution in [-0.4, -0.2) is 115 Å². The lowest BCUT2D eigenvalue weighted by molar-refractivity contribution is -0.306. The van der Waals surface area contributed by atoms with Crippen molar-refractivity contribution in [3.63, 3.8) is 0 Å². The Bertz CT molecular complexity index is 1390. The van der Waals surface area contributed by atoms with Crippen LogP contribution in [0.5, 0.6) is 0 Å². The first-order valence-electron chi connectivity index (χ1n) is 26.2. The molecule has 20 atom stereocenters. The molecule has 10 heteroatoms. The third-order valence-corrected chi connectivity index (χ3v) is 18.8. The molecule has 20 unspecified atom stereocenters. The molecule has 0 aliphatic heterocycles. The van der Waals surface area contributed by atoms with E-state index in [-0.39, 0.29) is 17.8 Å². The van der Waals surface area contributed by atoms with Gasteiger partial charge >= 0.3 is 0 Å². The molecule has 0 aromatic carbocycles. The van der Waals surface area contributed by atoms with Crippen LogP contribution in [0.2, 0.25) is 0 Å². The third kappa shape index (κ3) is 10.1. The molecule has 360 valence electrons. The van der Waals surface area contributed by atoms with Crippen molar-refractivity contribution in [2.24, 2.45) is 51.8 Å². The van der Waals surface area contributed by atoms with Crippen molar-refractivity contribution in [2.75, 3.05) is 0 Å². The minimum Gasteiger partial charge on any atom is -0.393 e. The van der Waals surface area contributed by atoms with Crippen LogP contribution >= 0.6 is 0 Å². The molecule has 7 fully saturated rings. The second-order valence-corrected chi connectivity index (χ2v) is 23.9. The first-order chi connectivity index (χ1) is 29.5. The molecule has 7 aliphatic carbocycles. The van der Waals surface area contributed by atoms with E-state index in [2.05, 4.69) is 41.5 Å². The summed E-state index contributed by atoms with van der Waals surface area (Å²) < 4.78 is 23.1. The van der Waals surface area contributed by atoms with Gasteiger partial charge in [0, 0.05) is 17.8 Å². The highest BCUT2D eigenvalue weighted by atomic mass is 16.5. The SMILES string of the molecule is CC1CCCC(OC(C2CCCC(C)C2O)C2(C(OC3CCCC(C)(C)C3O)C3CCCC(C)(C)C3O)C(O)CCCCC2C(OC2CCCCC2O)C2CCCCC2O)C1O. The quantitative estimate of drug-likeness (QED) is 0.0955. The van der Waals surface area contributed by atoms with E-state index in [9.17, 15) is 35.7 Å². The molecule has 7 saturated carbocycles. The average Bonchev–Trinajstić information content (AvgIpc) is 3.40. The Hall–Kier alpha value is -0.400. The van der Waals surface area contributed by atoms with Gasteiger partial charge in [0.25, 0.3) is 0 Å². The number of hydrogen-bond donors (Lipinski definition) is 7. The molecule has 0 spiro atoms. The summed E-state index contributed by atoms with van der Waals surface area (Å²) in [5.41, 5.74) is -2.16. The van der Waals surface area contributed by atoms with Gasteiger partial charge in [-0.25, -0.2) is 0 Å². The maximum absolute atomic E-state index is 13.8. The number of hydrogen-bond acceptors (Lipinski definition) is 10. The van der Waals surface area contributed by atoms with E-state index in [1.165, 1.54) is 0 Å². The predicted molar refractivity (Wildman–Crippen MR) is 241 cm³/mol. The molecule has 0 aromatic heterocycles. The fraction of sp³-hybridized carbons (Fsp3) is 1.00. The van der Waals surface area contributed by atoms with E-state index in [0.29, 0.717) is 57.8 Å². The van der Waals surface area contributed by atoms with E-state index < -0.39 is 113 Å². The van der Waals surface area contributed by atoms with Crippen molar-refractivity contribution in [1.29, 1.82) is 0 Å². The first-order valence-corrected chi connectivity index (χ1v) is 26.2. The van der Waals surface area contributed by atoms with Crippen LogP contribution in [-0.2, 0) is 14.2 Å². The maximum Gasteiger partial charge on any atom is 0.0852 e. The molecule has 0 radical (unpaired) electrons. The maximum atomic E-state index is 13.8. The number of rotatable bonds is 12. The van der Waals surface area contributed by atoms with E-state index >= 15 is 0 Å². The smallest absolute Gasteiger partial charge is 0.0852 e. The predicted octanol–water partition coefficient (Wildman–Crippen LogP) is 8.01. The van der Waals surface area contributed by atoms with Crippen molar-refractivity contribution in [1.82, 2.24) is 0 Å². The molecule has 10 nitrogen and oxygen atoms in total. The molecule has 0 aromatic rings. The summed E-state index contributed by atoms with van der Waals surface area (Å²) in [6.45, 7) is 12.7. The molecule has 7 rings (SSSR count). The number of aliphatic hydroxyl groups excluding tert-OH is 7. The fourth-order valence-electron chi connectivity index (χ4n) is 14.8. The summed E-state index contributed by atoms with van der Waals surface area (Å²) in [4.78, 5) is 0. The second-order valence-electron chi connectivity index (χ2n) is 23.9. The van der Waals surface area contributed by atoms with Crippen LogP contribution < -0.4 is 0 Å². The Kier molecular flexibility index (Phi) is 16.7. The van der Waals surface area contributed by atoms with Crippen molar-refractivity contribution in [3.05, 3.63) is 0 Å². The van der Waals surface area contributed by atoms with Crippen LogP contribution in [0.1, 0.15) is 196 Å². The Morgan fingerprint density at radius 3 is 1.63 bits per heavy atom. The van der Waals surface area contributed by atoms with E-state index in [1.54, 1.807) is 0 Å². The van der Waals surface area contributed by atoms with E-state index in [4.69, 9.17) is 14.2 Å². The minimum absolute atomic E-state index is 0.0161. The summed E-state index contributed by atoms with van der Waals surface area (Å²) in [5.74, 6) is -1.58. The van der Waals surface area contributed by atoms with Crippen molar-refractivity contribution < 1.29 is 50.0 Å². The molecule has 7 aliphatic rings. The zero-order chi connectivity index (χ0) is 44.6. The molecule has 0 saturated heterocycles. The molecular weight excluding hydrogens is 785 g/mol. The monoisotopic (exact) mass is 877 g/mol. The molecule has 0 heterocycles. The van der Waals surface area contributed by atoms with Gasteiger partial charge < -0.3 is 50.0 Å². The van der Waals surface area contributed by atoms with Crippen LogP contribution in [0, 0.1) is 51.8 Å². The molecule has 7 N–H and O–H groups in total. The van der Waals surface area contributed by atoms with Gasteiger partial charge in [0.15, 0.2) is 0 Å². The Balaban J connectivity index is 1.52. The summed E-state index contributed by atoms with van der Waals surface area (Å²) >= 11 is 0. The summed E-state index contributed by atoms with van der Waals surface area (Å²) in [6, 6.07) is 0. The van der Waals surface area contributed by atoms with Crippen LogP contribution in [0.3, 0.4) is 0 Å². The summed E-state index contributed by atoms with van der Waals surface area (Å²) in [7, 11) is 0. The lowest BCUT2D eigenvalue weighted by atomic mass is 9.51. The topological polar surface area (TPSA) is 169 Å². The molecule has 0 amide bonds. The van der Waals surface area contributed by atoms with Gasteiger partial charge in [-0.05, 0) is 118 Å². The van der Waals surface area contributed by atoms with Gasteiger partial charge in [0.05, 0.1) is 84.8 Å². The Morgan fingerprint density at radius 2 is 0.919 bits per heavy atom. The van der Waals surface area contributed by atoms with Gasteiger partial charge in [0.2, 0.25) is 0 Å². The zero-order valence-electron chi connectivity index (χ0n) is 39.8. The number of ether oxygens (including phenoxy) is 3. The largest absolute Gasteiger partial charge is 0.393 e. The van der Waals surface area contributed by atoms with Crippen LogP contribution in [0.15, 0.2) is 0 Å². The van der Waals surface area contributed by atoms with Gasteiger partial charge in [0.1, 0.15) is 0 Å². The Morgan fingerprint density at radius 1 is 0.419 bits per heavy atom. The van der Waals surface area contributed by atoms with Gasteiger partial charge in [-0.2, -0.15) is 0 Å². The first kappa shape index (κ1) is 49.5. The lowest BCUT2D eigenvalue weighted by Gasteiger charge is -2.62. The molecular formula is C52H92O10. The Labute approximate surface area is 375 Å². The van der Waals surface area contributed by atoms with Crippen molar-refractivity contribution >= 4 is 0 Å². The third-order valence-electron chi connectivity index (χ3n) is 18.8. The highest BCUT2D eigenvalue weighted by molar-refractivity contribution is 5.15.